The Morgan fingerprint density at radius 2 is 2.15 bits per heavy atom. The van der Waals surface area contributed by atoms with Crippen molar-refractivity contribution in [3.63, 3.8) is 0 Å². The predicted molar refractivity (Wildman–Crippen MR) is 56.8 cm³/mol. The van der Waals surface area contributed by atoms with Gasteiger partial charge in [-0.3, -0.25) is 0 Å². The van der Waals surface area contributed by atoms with Gasteiger partial charge in [-0.05, 0) is 46.1 Å². The molecule has 3 nitrogen and oxygen atoms in total. The first-order chi connectivity index (χ1) is 6.27. The maximum absolute atomic E-state index is 5.61. The number of hydrogen-bond acceptors (Lipinski definition) is 3. The van der Waals surface area contributed by atoms with Crippen LogP contribution in [0.2, 0.25) is 0 Å². The topological polar surface area (TPSA) is 32.5 Å². The molecule has 0 amide bonds. The number of hydrogen-bond donors (Lipinski definition) is 1. The van der Waals surface area contributed by atoms with Gasteiger partial charge in [0.2, 0.25) is 0 Å². The van der Waals surface area contributed by atoms with Crippen LogP contribution >= 0.6 is 0 Å². The van der Waals surface area contributed by atoms with Crippen LogP contribution in [0.25, 0.3) is 0 Å². The molecule has 0 bridgehead atoms. The first-order valence-electron chi connectivity index (χ1n) is 5.40. The third-order valence-corrected chi connectivity index (χ3v) is 3.02. The largest absolute Gasteiger partial charge is 0.330 e. The molecule has 0 aromatic rings. The third-order valence-electron chi connectivity index (χ3n) is 3.02. The monoisotopic (exact) mass is 185 g/mol. The molecular formula is C10H23N3. The van der Waals surface area contributed by atoms with Crippen LogP contribution in [-0.4, -0.2) is 55.6 Å². The van der Waals surface area contributed by atoms with Gasteiger partial charge >= 0.3 is 0 Å². The SMILES string of the molecule is CCN1CCCN(C)C(CCN)C1. The van der Waals surface area contributed by atoms with Crippen LogP contribution in [0.15, 0.2) is 0 Å². The summed E-state index contributed by atoms with van der Waals surface area (Å²) in [7, 11) is 2.22. The standard InChI is InChI=1S/C10H23N3/c1-3-13-8-4-7-12(2)10(9-13)5-6-11/h10H,3-9,11H2,1-2H3. The number of nitrogens with two attached hydrogens (primary N) is 1. The minimum absolute atomic E-state index is 0.674. The molecule has 0 aromatic carbocycles. The summed E-state index contributed by atoms with van der Waals surface area (Å²) in [6.07, 6.45) is 2.43. The van der Waals surface area contributed by atoms with Crippen molar-refractivity contribution in [2.45, 2.75) is 25.8 Å². The molecule has 1 aliphatic heterocycles. The summed E-state index contributed by atoms with van der Waals surface area (Å²) in [5.74, 6) is 0. The molecule has 1 rings (SSSR count). The molecule has 2 N–H and O–H groups in total. The predicted octanol–water partition coefficient (Wildman–Crippen LogP) is 0.361. The zero-order chi connectivity index (χ0) is 9.68. The van der Waals surface area contributed by atoms with Crippen LogP contribution < -0.4 is 5.73 Å². The number of likely N-dealkylation sites (N-methyl/N-ethyl adjacent to an activating group) is 2. The summed E-state index contributed by atoms with van der Waals surface area (Å²) in [5.41, 5.74) is 5.61. The molecule has 78 valence electrons. The van der Waals surface area contributed by atoms with Gasteiger partial charge in [0.25, 0.3) is 0 Å². The van der Waals surface area contributed by atoms with Crippen molar-refractivity contribution < 1.29 is 0 Å². The molecule has 1 unspecified atom stereocenters. The fourth-order valence-electron chi connectivity index (χ4n) is 2.05. The van der Waals surface area contributed by atoms with Crippen LogP contribution in [0.4, 0.5) is 0 Å². The van der Waals surface area contributed by atoms with Gasteiger partial charge in [0.1, 0.15) is 0 Å². The highest BCUT2D eigenvalue weighted by Gasteiger charge is 2.20. The number of nitrogens with zero attached hydrogens (tertiary/aromatic N) is 2. The summed E-state index contributed by atoms with van der Waals surface area (Å²) in [5, 5.41) is 0. The van der Waals surface area contributed by atoms with Gasteiger partial charge in [-0.2, -0.15) is 0 Å². The zero-order valence-corrected chi connectivity index (χ0v) is 9.00. The van der Waals surface area contributed by atoms with Crippen LogP contribution in [0.3, 0.4) is 0 Å². The fraction of sp³-hybridized carbons (Fsp3) is 1.00. The number of rotatable bonds is 3. The van der Waals surface area contributed by atoms with Crippen molar-refractivity contribution in [1.82, 2.24) is 9.80 Å². The quantitative estimate of drug-likeness (QED) is 0.689. The molecular weight excluding hydrogens is 162 g/mol. The minimum atomic E-state index is 0.674. The molecule has 1 fully saturated rings. The highest BCUT2D eigenvalue weighted by molar-refractivity contribution is 4.77. The Morgan fingerprint density at radius 3 is 2.77 bits per heavy atom. The van der Waals surface area contributed by atoms with Crippen LogP contribution in [0.1, 0.15) is 19.8 Å². The summed E-state index contributed by atoms with van der Waals surface area (Å²) < 4.78 is 0. The van der Waals surface area contributed by atoms with Crippen molar-refractivity contribution in [3.05, 3.63) is 0 Å². The maximum Gasteiger partial charge on any atom is 0.0232 e. The second-order valence-corrected chi connectivity index (χ2v) is 3.96. The van der Waals surface area contributed by atoms with E-state index < -0.39 is 0 Å². The van der Waals surface area contributed by atoms with E-state index in [0.29, 0.717) is 6.04 Å². The maximum atomic E-state index is 5.61. The molecule has 0 saturated carbocycles. The highest BCUT2D eigenvalue weighted by Crippen LogP contribution is 2.09. The van der Waals surface area contributed by atoms with E-state index >= 15 is 0 Å². The normalized spacial score (nSPS) is 27.5. The molecule has 3 heteroatoms. The van der Waals surface area contributed by atoms with Crippen molar-refractivity contribution in [2.24, 2.45) is 5.73 Å². The average Bonchev–Trinajstić information content (AvgIpc) is 2.30. The van der Waals surface area contributed by atoms with E-state index in [-0.39, 0.29) is 0 Å². The van der Waals surface area contributed by atoms with Crippen LogP contribution in [0, 0.1) is 0 Å². The molecule has 0 radical (unpaired) electrons. The second-order valence-electron chi connectivity index (χ2n) is 3.96. The summed E-state index contributed by atoms with van der Waals surface area (Å²) in [6, 6.07) is 0.674. The lowest BCUT2D eigenvalue weighted by Gasteiger charge is -2.27. The lowest BCUT2D eigenvalue weighted by molar-refractivity contribution is 0.204. The lowest BCUT2D eigenvalue weighted by atomic mass is 10.2. The molecule has 13 heavy (non-hydrogen) atoms. The van der Waals surface area contributed by atoms with E-state index in [4.69, 9.17) is 5.73 Å². The van der Waals surface area contributed by atoms with Crippen LogP contribution in [-0.2, 0) is 0 Å². The summed E-state index contributed by atoms with van der Waals surface area (Å²) >= 11 is 0. The van der Waals surface area contributed by atoms with E-state index in [0.717, 1.165) is 13.0 Å². The molecule has 1 atom stereocenters. The van der Waals surface area contributed by atoms with E-state index in [1.165, 1.54) is 32.6 Å². The Kier molecular flexibility index (Phi) is 4.70. The van der Waals surface area contributed by atoms with Gasteiger partial charge in [0.15, 0.2) is 0 Å². The minimum Gasteiger partial charge on any atom is -0.330 e. The van der Waals surface area contributed by atoms with Crippen molar-refractivity contribution >= 4 is 0 Å². The highest BCUT2D eigenvalue weighted by atomic mass is 15.2. The smallest absolute Gasteiger partial charge is 0.0232 e. The molecule has 1 saturated heterocycles. The molecule has 0 aliphatic carbocycles. The molecule has 1 heterocycles. The first kappa shape index (κ1) is 11.0. The van der Waals surface area contributed by atoms with Gasteiger partial charge in [-0.1, -0.05) is 6.92 Å². The Hall–Kier alpha value is -0.120. The molecule has 0 spiro atoms. The Morgan fingerprint density at radius 1 is 1.38 bits per heavy atom. The van der Waals surface area contributed by atoms with Gasteiger partial charge in [0.05, 0.1) is 0 Å². The van der Waals surface area contributed by atoms with Crippen molar-refractivity contribution in [1.29, 1.82) is 0 Å². The Bertz CT molecular complexity index is 138. The van der Waals surface area contributed by atoms with E-state index in [1.54, 1.807) is 0 Å². The zero-order valence-electron chi connectivity index (χ0n) is 9.00. The van der Waals surface area contributed by atoms with E-state index in [9.17, 15) is 0 Å². The summed E-state index contributed by atoms with van der Waals surface area (Å²) in [6.45, 7) is 7.90. The van der Waals surface area contributed by atoms with Gasteiger partial charge < -0.3 is 15.5 Å². The van der Waals surface area contributed by atoms with Gasteiger partial charge in [0, 0.05) is 12.6 Å². The van der Waals surface area contributed by atoms with Gasteiger partial charge in [-0.15, -0.1) is 0 Å². The molecule has 0 aromatic heterocycles. The fourth-order valence-corrected chi connectivity index (χ4v) is 2.05. The van der Waals surface area contributed by atoms with Crippen molar-refractivity contribution in [3.8, 4) is 0 Å². The summed E-state index contributed by atoms with van der Waals surface area (Å²) in [4.78, 5) is 4.99. The Labute approximate surface area is 81.9 Å². The first-order valence-corrected chi connectivity index (χ1v) is 5.40. The lowest BCUT2D eigenvalue weighted by Crippen LogP contribution is -2.40. The van der Waals surface area contributed by atoms with E-state index in [2.05, 4.69) is 23.8 Å². The molecule has 1 aliphatic rings. The van der Waals surface area contributed by atoms with Gasteiger partial charge in [-0.25, -0.2) is 0 Å². The van der Waals surface area contributed by atoms with Crippen LogP contribution in [0.5, 0.6) is 0 Å². The average molecular weight is 185 g/mol. The second kappa shape index (κ2) is 5.58. The third kappa shape index (κ3) is 3.25. The Balaban J connectivity index is 2.45. The van der Waals surface area contributed by atoms with E-state index in [1.807, 2.05) is 0 Å². The van der Waals surface area contributed by atoms with Crippen molar-refractivity contribution in [2.75, 3.05) is 39.8 Å².